The van der Waals surface area contributed by atoms with Crippen LogP contribution in [-0.4, -0.2) is 11.7 Å². The standard InChI is InChI=1S/C20H18OS2/c21-15-14-16-10-12-18(13-11-16)23-20-9-5-4-8-19(20)22-17-6-2-1-3-7-17/h1-13,21H,14-15H2. The van der Waals surface area contributed by atoms with E-state index < -0.39 is 0 Å². The number of rotatable bonds is 6. The number of aliphatic hydroxyl groups is 1. The van der Waals surface area contributed by atoms with Gasteiger partial charge in [0.05, 0.1) is 0 Å². The SMILES string of the molecule is OCCc1ccc(Sc2ccccc2Sc2ccccc2)cc1. The number of aliphatic hydroxyl groups excluding tert-OH is 1. The van der Waals surface area contributed by atoms with Crippen LogP contribution in [0.25, 0.3) is 0 Å². The highest BCUT2D eigenvalue weighted by atomic mass is 32.2. The lowest BCUT2D eigenvalue weighted by Gasteiger charge is -2.09. The van der Waals surface area contributed by atoms with E-state index in [-0.39, 0.29) is 6.61 Å². The number of hydrogen-bond acceptors (Lipinski definition) is 3. The minimum absolute atomic E-state index is 0.197. The molecule has 3 aromatic carbocycles. The van der Waals surface area contributed by atoms with Crippen LogP contribution in [-0.2, 0) is 6.42 Å². The molecule has 0 atom stereocenters. The lowest BCUT2D eigenvalue weighted by atomic mass is 10.2. The van der Waals surface area contributed by atoms with E-state index in [4.69, 9.17) is 5.11 Å². The van der Waals surface area contributed by atoms with E-state index in [9.17, 15) is 0 Å². The Bertz CT molecular complexity index is 739. The molecule has 0 radical (unpaired) electrons. The molecule has 1 N–H and O–H groups in total. The van der Waals surface area contributed by atoms with Gasteiger partial charge < -0.3 is 5.11 Å². The molecule has 0 unspecified atom stereocenters. The summed E-state index contributed by atoms with van der Waals surface area (Å²) < 4.78 is 0. The number of hydrogen-bond donors (Lipinski definition) is 1. The van der Waals surface area contributed by atoms with Crippen molar-refractivity contribution < 1.29 is 5.11 Å². The van der Waals surface area contributed by atoms with E-state index >= 15 is 0 Å². The van der Waals surface area contributed by atoms with Crippen LogP contribution in [0.15, 0.2) is 98.4 Å². The molecular weight excluding hydrogens is 320 g/mol. The fourth-order valence-corrected chi connectivity index (χ4v) is 4.17. The Kier molecular flexibility index (Phi) is 5.81. The molecule has 0 heterocycles. The second-order valence-corrected chi connectivity index (χ2v) is 7.31. The predicted octanol–water partition coefficient (Wildman–Crippen LogP) is 5.52. The zero-order valence-electron chi connectivity index (χ0n) is 12.7. The molecule has 116 valence electrons. The van der Waals surface area contributed by atoms with Crippen molar-refractivity contribution in [1.29, 1.82) is 0 Å². The van der Waals surface area contributed by atoms with Crippen molar-refractivity contribution in [2.75, 3.05) is 6.61 Å². The van der Waals surface area contributed by atoms with Crippen LogP contribution in [0.3, 0.4) is 0 Å². The van der Waals surface area contributed by atoms with Crippen LogP contribution < -0.4 is 0 Å². The van der Waals surface area contributed by atoms with Crippen molar-refractivity contribution in [3.8, 4) is 0 Å². The van der Waals surface area contributed by atoms with Gasteiger partial charge >= 0.3 is 0 Å². The van der Waals surface area contributed by atoms with E-state index in [1.165, 1.54) is 25.1 Å². The minimum Gasteiger partial charge on any atom is -0.396 e. The molecule has 3 aromatic rings. The van der Waals surface area contributed by atoms with Crippen molar-refractivity contribution in [3.05, 3.63) is 84.4 Å². The molecule has 23 heavy (non-hydrogen) atoms. The van der Waals surface area contributed by atoms with Crippen LogP contribution in [0.2, 0.25) is 0 Å². The predicted molar refractivity (Wildman–Crippen MR) is 98.4 cm³/mol. The first kappa shape index (κ1) is 16.2. The quantitative estimate of drug-likeness (QED) is 0.639. The first-order chi connectivity index (χ1) is 11.3. The van der Waals surface area contributed by atoms with Crippen LogP contribution >= 0.6 is 23.5 Å². The normalized spacial score (nSPS) is 10.7. The molecule has 0 spiro atoms. The molecule has 0 aliphatic carbocycles. The minimum atomic E-state index is 0.197. The van der Waals surface area contributed by atoms with Crippen LogP contribution in [0.5, 0.6) is 0 Å². The lowest BCUT2D eigenvalue weighted by molar-refractivity contribution is 0.299. The maximum atomic E-state index is 8.99. The topological polar surface area (TPSA) is 20.2 Å². The van der Waals surface area contributed by atoms with E-state index in [2.05, 4.69) is 72.8 Å². The van der Waals surface area contributed by atoms with Crippen LogP contribution in [0.4, 0.5) is 0 Å². The fraction of sp³-hybridized carbons (Fsp3) is 0.100. The largest absolute Gasteiger partial charge is 0.396 e. The van der Waals surface area contributed by atoms with Gasteiger partial charge in [0.1, 0.15) is 0 Å². The van der Waals surface area contributed by atoms with E-state index in [0.717, 1.165) is 0 Å². The van der Waals surface area contributed by atoms with Crippen LogP contribution in [0.1, 0.15) is 5.56 Å². The van der Waals surface area contributed by atoms with Gasteiger partial charge in [-0.25, -0.2) is 0 Å². The van der Waals surface area contributed by atoms with E-state index in [1.54, 1.807) is 23.5 Å². The molecule has 0 saturated carbocycles. The summed E-state index contributed by atoms with van der Waals surface area (Å²) in [7, 11) is 0. The first-order valence-electron chi connectivity index (χ1n) is 7.55. The second-order valence-electron chi connectivity index (χ2n) is 5.08. The monoisotopic (exact) mass is 338 g/mol. The zero-order valence-corrected chi connectivity index (χ0v) is 14.3. The van der Waals surface area contributed by atoms with Gasteiger partial charge in [0, 0.05) is 26.2 Å². The molecule has 0 aliphatic heterocycles. The molecule has 0 saturated heterocycles. The zero-order chi connectivity index (χ0) is 15.9. The molecular formula is C20H18OS2. The third kappa shape index (κ3) is 4.64. The van der Waals surface area contributed by atoms with Crippen molar-refractivity contribution >= 4 is 23.5 Å². The Morgan fingerprint density at radius 3 is 1.70 bits per heavy atom. The summed E-state index contributed by atoms with van der Waals surface area (Å²) in [5, 5.41) is 8.99. The lowest BCUT2D eigenvalue weighted by Crippen LogP contribution is -1.89. The van der Waals surface area contributed by atoms with Crippen molar-refractivity contribution in [2.45, 2.75) is 26.0 Å². The van der Waals surface area contributed by atoms with Crippen LogP contribution in [0, 0.1) is 0 Å². The van der Waals surface area contributed by atoms with Gasteiger partial charge in [0.25, 0.3) is 0 Å². The summed E-state index contributed by atoms with van der Waals surface area (Å²) >= 11 is 3.57. The van der Waals surface area contributed by atoms with Gasteiger partial charge in [0.2, 0.25) is 0 Å². The molecule has 0 amide bonds. The Morgan fingerprint density at radius 2 is 1.13 bits per heavy atom. The van der Waals surface area contributed by atoms with E-state index in [1.807, 2.05) is 6.07 Å². The summed E-state index contributed by atoms with van der Waals surface area (Å²) in [4.78, 5) is 4.99. The Balaban J connectivity index is 1.77. The Morgan fingerprint density at radius 1 is 0.609 bits per heavy atom. The van der Waals surface area contributed by atoms with Gasteiger partial charge in [0.15, 0.2) is 0 Å². The molecule has 0 aromatic heterocycles. The maximum Gasteiger partial charge on any atom is 0.0471 e. The van der Waals surface area contributed by atoms with Gasteiger partial charge in [-0.15, -0.1) is 0 Å². The maximum absolute atomic E-state index is 8.99. The first-order valence-corrected chi connectivity index (χ1v) is 9.18. The smallest absolute Gasteiger partial charge is 0.0471 e. The molecule has 1 nitrogen and oxygen atoms in total. The number of benzene rings is 3. The second kappa shape index (κ2) is 8.25. The van der Waals surface area contributed by atoms with Gasteiger partial charge in [-0.3, -0.25) is 0 Å². The molecule has 3 rings (SSSR count). The average molecular weight is 338 g/mol. The fourth-order valence-electron chi connectivity index (χ4n) is 2.21. The van der Waals surface area contributed by atoms with E-state index in [0.29, 0.717) is 6.42 Å². The van der Waals surface area contributed by atoms with Crippen molar-refractivity contribution in [1.82, 2.24) is 0 Å². The third-order valence-electron chi connectivity index (χ3n) is 3.37. The molecule has 3 heteroatoms. The highest BCUT2D eigenvalue weighted by Crippen LogP contribution is 2.38. The van der Waals surface area contributed by atoms with Crippen molar-refractivity contribution in [2.24, 2.45) is 0 Å². The van der Waals surface area contributed by atoms with Gasteiger partial charge in [-0.2, -0.15) is 0 Å². The summed E-state index contributed by atoms with van der Waals surface area (Å²) in [6.07, 6.45) is 0.714. The summed E-state index contributed by atoms with van der Waals surface area (Å²) in [6, 6.07) is 27.4. The van der Waals surface area contributed by atoms with Crippen molar-refractivity contribution in [3.63, 3.8) is 0 Å². The third-order valence-corrected chi connectivity index (χ3v) is 5.67. The van der Waals surface area contributed by atoms with Gasteiger partial charge in [-0.1, -0.05) is 66.0 Å². The Hall–Kier alpha value is -1.68. The Labute approximate surface area is 145 Å². The molecule has 0 fully saturated rings. The highest BCUT2D eigenvalue weighted by molar-refractivity contribution is 8.02. The highest BCUT2D eigenvalue weighted by Gasteiger charge is 2.06. The molecule has 0 aliphatic rings. The summed E-state index contributed by atoms with van der Waals surface area (Å²) in [5.74, 6) is 0. The molecule has 0 bridgehead atoms. The average Bonchev–Trinajstić information content (AvgIpc) is 2.60. The summed E-state index contributed by atoms with van der Waals surface area (Å²) in [6.45, 7) is 0.197. The van der Waals surface area contributed by atoms with Gasteiger partial charge in [-0.05, 0) is 48.4 Å². The summed E-state index contributed by atoms with van der Waals surface area (Å²) in [5.41, 5.74) is 1.17.